The lowest BCUT2D eigenvalue weighted by atomic mass is 9.87. The van der Waals surface area contributed by atoms with Crippen molar-refractivity contribution >= 4 is 40.1 Å². The Labute approximate surface area is 174 Å². The van der Waals surface area contributed by atoms with Gasteiger partial charge in [-0.2, -0.15) is 13.2 Å². The fourth-order valence-electron chi connectivity index (χ4n) is 4.46. The van der Waals surface area contributed by atoms with Crippen molar-refractivity contribution in [2.75, 3.05) is 11.4 Å². The van der Waals surface area contributed by atoms with Crippen molar-refractivity contribution in [2.45, 2.75) is 25.1 Å². The number of rotatable bonds is 1. The van der Waals surface area contributed by atoms with Crippen molar-refractivity contribution in [1.29, 1.82) is 0 Å². The van der Waals surface area contributed by atoms with E-state index in [1.54, 1.807) is 6.92 Å². The number of hydrogen-bond donors (Lipinski definition) is 1. The van der Waals surface area contributed by atoms with E-state index in [0.29, 0.717) is 12.1 Å². The van der Waals surface area contributed by atoms with E-state index in [2.05, 4.69) is 4.98 Å². The molecule has 2 aromatic carbocycles. The molecule has 0 spiro atoms. The van der Waals surface area contributed by atoms with Crippen LogP contribution in [0.4, 0.5) is 23.7 Å². The van der Waals surface area contributed by atoms with E-state index >= 15 is 0 Å². The third kappa shape index (κ3) is 2.37. The van der Waals surface area contributed by atoms with Gasteiger partial charge < -0.3 is 9.88 Å². The highest BCUT2D eigenvalue weighted by atomic mass is 35.5. The summed E-state index contributed by atoms with van der Waals surface area (Å²) < 4.78 is 39.7. The van der Waals surface area contributed by atoms with E-state index in [-0.39, 0.29) is 17.3 Å². The fraction of sp³-hybridized carbons (Fsp3) is 0.238. The normalized spacial score (nSPS) is 21.4. The molecule has 30 heavy (non-hydrogen) atoms. The highest BCUT2D eigenvalue weighted by molar-refractivity contribution is 6.36. The van der Waals surface area contributed by atoms with Crippen LogP contribution in [0.2, 0.25) is 5.02 Å². The lowest BCUT2D eigenvalue weighted by Gasteiger charge is -2.35. The molecule has 0 radical (unpaired) electrons. The first-order chi connectivity index (χ1) is 14.1. The van der Waals surface area contributed by atoms with Crippen molar-refractivity contribution in [3.63, 3.8) is 0 Å². The Morgan fingerprint density at radius 2 is 1.87 bits per heavy atom. The summed E-state index contributed by atoms with van der Waals surface area (Å²) in [4.78, 5) is 32.1. The zero-order valence-electron chi connectivity index (χ0n) is 15.7. The van der Waals surface area contributed by atoms with Gasteiger partial charge in [-0.1, -0.05) is 29.8 Å². The van der Waals surface area contributed by atoms with Crippen LogP contribution in [-0.2, 0) is 22.9 Å². The number of anilines is 1. The Kier molecular flexibility index (Phi) is 3.80. The lowest BCUT2D eigenvalue weighted by molar-refractivity contribution is -0.137. The van der Waals surface area contributed by atoms with Gasteiger partial charge in [-0.25, -0.2) is 9.69 Å². The molecular weight excluding hydrogens is 419 g/mol. The predicted octanol–water partition coefficient (Wildman–Crippen LogP) is 5.08. The summed E-state index contributed by atoms with van der Waals surface area (Å²) in [7, 11) is 0. The summed E-state index contributed by atoms with van der Waals surface area (Å²) in [5.41, 5.74) is -0.261. The summed E-state index contributed by atoms with van der Waals surface area (Å²) in [6.45, 7) is 1.88. The molecule has 2 aliphatic rings. The number of nitrogens with one attached hydrogen (secondary N) is 1. The molecule has 0 aliphatic carbocycles. The Hall–Kier alpha value is -3.00. The van der Waals surface area contributed by atoms with Gasteiger partial charge in [0.2, 0.25) is 0 Å². The van der Waals surface area contributed by atoms with Crippen molar-refractivity contribution in [1.82, 2.24) is 9.88 Å². The van der Waals surface area contributed by atoms with Gasteiger partial charge in [0.15, 0.2) is 5.54 Å². The molecule has 1 fully saturated rings. The van der Waals surface area contributed by atoms with E-state index in [9.17, 15) is 22.8 Å². The minimum Gasteiger partial charge on any atom is -0.356 e. The van der Waals surface area contributed by atoms with E-state index in [4.69, 9.17) is 11.6 Å². The third-order valence-electron chi connectivity index (χ3n) is 5.98. The second-order valence-corrected chi connectivity index (χ2v) is 7.99. The molecule has 5 nitrogen and oxygen atoms in total. The fourth-order valence-corrected chi connectivity index (χ4v) is 4.67. The molecule has 2 aliphatic heterocycles. The molecule has 3 amide bonds. The number of carbonyl (C=O) groups excluding carboxylic acids is 2. The van der Waals surface area contributed by atoms with Gasteiger partial charge in [-0.15, -0.1) is 0 Å². The minimum absolute atomic E-state index is 0.106. The van der Waals surface area contributed by atoms with Crippen LogP contribution in [0.5, 0.6) is 0 Å². The van der Waals surface area contributed by atoms with E-state index in [0.717, 1.165) is 39.6 Å². The Balaban J connectivity index is 1.68. The molecule has 0 saturated carbocycles. The number of para-hydroxylation sites is 1. The number of hydrogen-bond acceptors (Lipinski definition) is 2. The second-order valence-electron chi connectivity index (χ2n) is 7.59. The topological polar surface area (TPSA) is 56.4 Å². The average molecular weight is 434 g/mol. The number of imide groups is 1. The summed E-state index contributed by atoms with van der Waals surface area (Å²) >= 11 is 6.12. The first kappa shape index (κ1) is 19.0. The van der Waals surface area contributed by atoms with Crippen LogP contribution in [0.15, 0.2) is 42.5 Å². The molecule has 5 rings (SSSR count). The first-order valence-electron chi connectivity index (χ1n) is 9.27. The highest BCUT2D eigenvalue weighted by Crippen LogP contribution is 2.47. The number of urea groups is 1. The van der Waals surface area contributed by atoms with Gasteiger partial charge in [0, 0.05) is 17.4 Å². The van der Waals surface area contributed by atoms with E-state index < -0.39 is 29.2 Å². The van der Waals surface area contributed by atoms with Gasteiger partial charge in [0.05, 0.1) is 22.0 Å². The molecule has 1 N–H and O–H groups in total. The van der Waals surface area contributed by atoms with E-state index in [1.807, 2.05) is 24.3 Å². The van der Waals surface area contributed by atoms with Gasteiger partial charge in [0.25, 0.3) is 5.91 Å². The summed E-state index contributed by atoms with van der Waals surface area (Å²) in [6.07, 6.45) is -4.11. The molecule has 3 heterocycles. The van der Waals surface area contributed by atoms with Crippen LogP contribution in [0, 0.1) is 0 Å². The molecule has 1 saturated heterocycles. The zero-order chi connectivity index (χ0) is 21.4. The van der Waals surface area contributed by atoms with Crippen molar-refractivity contribution < 1.29 is 22.8 Å². The molecule has 3 aromatic rings. The van der Waals surface area contributed by atoms with Crippen molar-refractivity contribution in [3.8, 4) is 0 Å². The van der Waals surface area contributed by atoms with Gasteiger partial charge in [-0.05, 0) is 43.2 Å². The molecule has 0 unspecified atom stereocenters. The Morgan fingerprint density at radius 1 is 1.13 bits per heavy atom. The smallest absolute Gasteiger partial charge is 0.356 e. The maximum atomic E-state index is 13.5. The first-order valence-corrected chi connectivity index (χ1v) is 9.65. The quantitative estimate of drug-likeness (QED) is 0.544. The third-order valence-corrected chi connectivity index (χ3v) is 6.30. The van der Waals surface area contributed by atoms with Crippen LogP contribution < -0.4 is 4.90 Å². The van der Waals surface area contributed by atoms with Gasteiger partial charge in [-0.3, -0.25) is 4.79 Å². The van der Waals surface area contributed by atoms with Crippen LogP contribution in [0.3, 0.4) is 0 Å². The average Bonchev–Trinajstić information content (AvgIpc) is 3.16. The van der Waals surface area contributed by atoms with Crippen molar-refractivity contribution in [3.05, 3.63) is 64.3 Å². The van der Waals surface area contributed by atoms with Crippen LogP contribution >= 0.6 is 11.6 Å². The molecule has 1 aromatic heterocycles. The Bertz CT molecular complexity index is 1240. The van der Waals surface area contributed by atoms with Gasteiger partial charge >= 0.3 is 12.2 Å². The molecule has 9 heteroatoms. The number of amides is 3. The molecule has 0 bridgehead atoms. The maximum absolute atomic E-state index is 13.5. The van der Waals surface area contributed by atoms with E-state index in [1.165, 1.54) is 4.90 Å². The number of H-pyrrole nitrogens is 1. The second kappa shape index (κ2) is 6.01. The summed E-state index contributed by atoms with van der Waals surface area (Å²) in [5, 5.41) is 0.856. The van der Waals surface area contributed by atoms with Crippen LogP contribution in [-0.4, -0.2) is 28.4 Å². The SMILES string of the molecule is C[C@]12C(=O)N(c3cc(C(F)(F)F)ccc3Cl)C(=O)N1CCc1c2[nH]c2ccccc12. The maximum Gasteiger partial charge on any atom is 0.416 e. The number of carbonyl (C=O) groups is 2. The summed E-state index contributed by atoms with van der Waals surface area (Å²) in [5.74, 6) is -0.638. The van der Waals surface area contributed by atoms with Crippen LogP contribution in [0.1, 0.15) is 23.7 Å². The monoisotopic (exact) mass is 433 g/mol. The standard InChI is InChI=1S/C21H15ClF3N3O2/c1-20-17-13(12-4-2-3-5-15(12)26-17)8-9-27(20)19(30)28(18(20)29)16-10-11(21(23,24)25)6-7-14(16)22/h2-7,10,26H,8-9H2,1H3/t20-/m0/s1. The highest BCUT2D eigenvalue weighted by Gasteiger charge is 2.59. The molecule has 1 atom stereocenters. The largest absolute Gasteiger partial charge is 0.416 e. The van der Waals surface area contributed by atoms with Gasteiger partial charge in [0.1, 0.15) is 0 Å². The number of nitrogens with zero attached hydrogens (tertiary/aromatic N) is 2. The number of alkyl halides is 3. The minimum atomic E-state index is -4.63. The number of benzene rings is 2. The number of fused-ring (bicyclic) bond motifs is 5. The molecular formula is C21H15ClF3N3O2. The summed E-state index contributed by atoms with van der Waals surface area (Å²) in [6, 6.07) is 9.49. The zero-order valence-corrected chi connectivity index (χ0v) is 16.4. The Morgan fingerprint density at radius 3 is 2.60 bits per heavy atom. The number of aromatic amines is 1. The number of aromatic nitrogens is 1. The lowest BCUT2D eigenvalue weighted by Crippen LogP contribution is -2.49. The van der Waals surface area contributed by atoms with Crippen molar-refractivity contribution in [2.24, 2.45) is 0 Å². The number of halogens is 4. The van der Waals surface area contributed by atoms with Crippen LogP contribution in [0.25, 0.3) is 10.9 Å². The molecule has 154 valence electrons. The predicted molar refractivity (Wildman–Crippen MR) is 105 cm³/mol.